The summed E-state index contributed by atoms with van der Waals surface area (Å²) in [7, 11) is 0. The minimum Gasteiger partial charge on any atom is -0.388 e. The van der Waals surface area contributed by atoms with Gasteiger partial charge in [-0.15, -0.1) is 0 Å². The van der Waals surface area contributed by atoms with Crippen molar-refractivity contribution in [3.05, 3.63) is 76.4 Å². The summed E-state index contributed by atoms with van der Waals surface area (Å²) < 4.78 is 0. The van der Waals surface area contributed by atoms with E-state index >= 15 is 0 Å². The second-order valence-electron chi connectivity index (χ2n) is 5.18. The summed E-state index contributed by atoms with van der Waals surface area (Å²) in [5.41, 5.74) is 3.91. The maximum atomic E-state index is 10.6. The first kappa shape index (κ1) is 14.1. The zero-order valence-corrected chi connectivity index (χ0v) is 12.5. The molecule has 3 aromatic rings. The maximum absolute atomic E-state index is 10.6. The van der Waals surface area contributed by atoms with Crippen LogP contribution in [0, 0.1) is 6.92 Å². The number of benzene rings is 2. The molecule has 0 fully saturated rings. The first-order chi connectivity index (χ1) is 10.2. The molecule has 0 saturated carbocycles. The lowest BCUT2D eigenvalue weighted by atomic mass is 9.96. The predicted octanol–water partition coefficient (Wildman–Crippen LogP) is 4.47. The fourth-order valence-electron chi connectivity index (χ4n) is 2.59. The van der Waals surface area contributed by atoms with Gasteiger partial charge in [-0.1, -0.05) is 41.9 Å². The van der Waals surface area contributed by atoms with Crippen molar-refractivity contribution < 1.29 is 5.11 Å². The highest BCUT2D eigenvalue weighted by Gasteiger charge is 2.15. The fourth-order valence-corrected chi connectivity index (χ4v) is 2.80. The van der Waals surface area contributed by atoms with E-state index in [-0.39, 0.29) is 0 Å². The smallest absolute Gasteiger partial charge is 0.0851 e. The van der Waals surface area contributed by atoms with E-state index in [9.17, 15) is 5.11 Å². The van der Waals surface area contributed by atoms with Crippen molar-refractivity contribution in [2.75, 3.05) is 0 Å². The van der Waals surface area contributed by atoms with Crippen molar-refractivity contribution in [1.29, 1.82) is 0 Å². The molecule has 0 aliphatic heterocycles. The lowest BCUT2D eigenvalue weighted by Crippen LogP contribution is -2.04. The van der Waals surface area contributed by atoms with Gasteiger partial charge in [-0.2, -0.15) is 0 Å². The zero-order valence-electron chi connectivity index (χ0n) is 11.8. The van der Waals surface area contributed by atoms with Gasteiger partial charge in [0, 0.05) is 28.6 Å². The second kappa shape index (κ2) is 5.84. The third-order valence-electron chi connectivity index (χ3n) is 3.78. The Morgan fingerprint density at radius 1 is 1.10 bits per heavy atom. The Labute approximate surface area is 129 Å². The molecule has 106 valence electrons. The van der Waals surface area contributed by atoms with Crippen LogP contribution < -0.4 is 0 Å². The van der Waals surface area contributed by atoms with E-state index < -0.39 is 6.10 Å². The van der Waals surface area contributed by atoms with Gasteiger partial charge >= 0.3 is 0 Å². The lowest BCUT2D eigenvalue weighted by molar-refractivity contribution is 0.179. The van der Waals surface area contributed by atoms with Crippen molar-refractivity contribution >= 4 is 22.5 Å². The molecule has 0 aliphatic rings. The van der Waals surface area contributed by atoms with Crippen LogP contribution in [0.4, 0.5) is 0 Å². The Morgan fingerprint density at radius 2 is 1.90 bits per heavy atom. The lowest BCUT2D eigenvalue weighted by Gasteiger charge is -2.15. The van der Waals surface area contributed by atoms with Gasteiger partial charge in [-0.25, -0.2) is 0 Å². The van der Waals surface area contributed by atoms with Crippen molar-refractivity contribution in [3.8, 4) is 0 Å². The van der Waals surface area contributed by atoms with E-state index in [1.54, 1.807) is 6.20 Å². The monoisotopic (exact) mass is 297 g/mol. The van der Waals surface area contributed by atoms with Crippen molar-refractivity contribution in [2.45, 2.75) is 19.4 Å². The Bertz CT molecular complexity index is 785. The molecule has 3 heteroatoms. The number of hydrogen-bond acceptors (Lipinski definition) is 2. The summed E-state index contributed by atoms with van der Waals surface area (Å²) >= 11 is 6.20. The van der Waals surface area contributed by atoms with Crippen LogP contribution in [-0.2, 0) is 6.42 Å². The molecular formula is C18H16ClNO. The average Bonchev–Trinajstić information content (AvgIpc) is 2.50. The number of hydrogen-bond donors (Lipinski definition) is 1. The van der Waals surface area contributed by atoms with Gasteiger partial charge in [0.15, 0.2) is 0 Å². The zero-order chi connectivity index (χ0) is 14.8. The molecule has 0 radical (unpaired) electrons. The Hall–Kier alpha value is -1.90. The molecule has 0 spiro atoms. The molecule has 0 amide bonds. The molecule has 0 bridgehead atoms. The highest BCUT2D eigenvalue weighted by Crippen LogP contribution is 2.30. The largest absolute Gasteiger partial charge is 0.388 e. The molecule has 21 heavy (non-hydrogen) atoms. The Balaban J connectivity index is 2.01. The topological polar surface area (TPSA) is 33.1 Å². The van der Waals surface area contributed by atoms with E-state index in [0.717, 1.165) is 22.0 Å². The van der Waals surface area contributed by atoms with Crippen molar-refractivity contribution in [3.63, 3.8) is 0 Å². The quantitative estimate of drug-likeness (QED) is 0.773. The Morgan fingerprint density at radius 3 is 2.71 bits per heavy atom. The number of halogens is 1. The minimum absolute atomic E-state index is 0.569. The number of pyridine rings is 1. The third kappa shape index (κ3) is 2.78. The molecule has 1 atom stereocenters. The molecule has 2 nitrogen and oxygen atoms in total. The van der Waals surface area contributed by atoms with Gasteiger partial charge in [0.2, 0.25) is 0 Å². The highest BCUT2D eigenvalue weighted by atomic mass is 35.5. The first-order valence-electron chi connectivity index (χ1n) is 6.92. The number of fused-ring (bicyclic) bond motifs is 1. The molecular weight excluding hydrogens is 282 g/mol. The Kier molecular flexibility index (Phi) is 3.91. The van der Waals surface area contributed by atoms with E-state index in [1.807, 2.05) is 42.5 Å². The number of nitrogens with zero attached hydrogens (tertiary/aromatic N) is 1. The standard InChI is InChI=1S/C18H16ClNO/c1-12-5-2-3-6-13(12)11-17(21)15-8-9-16(19)14-7-4-10-20-18(14)15/h2-10,17,21H,11H2,1H3. The molecule has 1 unspecified atom stereocenters. The maximum Gasteiger partial charge on any atom is 0.0851 e. The number of aliphatic hydroxyl groups is 1. The molecule has 1 N–H and O–H groups in total. The minimum atomic E-state index is -0.597. The van der Waals surface area contributed by atoms with Crippen LogP contribution in [0.1, 0.15) is 22.8 Å². The number of aryl methyl sites for hydroxylation is 1. The van der Waals surface area contributed by atoms with Crippen molar-refractivity contribution in [1.82, 2.24) is 4.98 Å². The number of aliphatic hydroxyl groups excluding tert-OH is 1. The van der Waals surface area contributed by atoms with Gasteiger partial charge in [-0.3, -0.25) is 4.98 Å². The van der Waals surface area contributed by atoms with Crippen LogP contribution in [0.3, 0.4) is 0 Å². The summed E-state index contributed by atoms with van der Waals surface area (Å²) in [4.78, 5) is 4.38. The normalized spacial score (nSPS) is 12.5. The summed E-state index contributed by atoms with van der Waals surface area (Å²) in [6.07, 6.45) is 1.70. The average molecular weight is 298 g/mol. The van der Waals surface area contributed by atoms with E-state index in [4.69, 9.17) is 11.6 Å². The van der Waals surface area contributed by atoms with Crippen LogP contribution in [0.15, 0.2) is 54.7 Å². The van der Waals surface area contributed by atoms with Gasteiger partial charge in [-0.05, 0) is 36.2 Å². The third-order valence-corrected chi connectivity index (χ3v) is 4.11. The van der Waals surface area contributed by atoms with E-state index in [2.05, 4.69) is 18.0 Å². The van der Waals surface area contributed by atoms with Gasteiger partial charge in [0.1, 0.15) is 0 Å². The molecule has 2 aromatic carbocycles. The highest BCUT2D eigenvalue weighted by molar-refractivity contribution is 6.35. The number of rotatable bonds is 3. The molecule has 1 aromatic heterocycles. The van der Waals surface area contributed by atoms with Gasteiger partial charge < -0.3 is 5.11 Å². The molecule has 0 saturated heterocycles. The molecule has 3 rings (SSSR count). The van der Waals surface area contributed by atoms with Crippen LogP contribution in [-0.4, -0.2) is 10.1 Å². The van der Waals surface area contributed by atoms with Crippen LogP contribution in [0.5, 0.6) is 0 Å². The molecule has 1 heterocycles. The first-order valence-corrected chi connectivity index (χ1v) is 7.30. The summed E-state index contributed by atoms with van der Waals surface area (Å²) in [5.74, 6) is 0. The van der Waals surface area contributed by atoms with Crippen molar-refractivity contribution in [2.24, 2.45) is 0 Å². The summed E-state index contributed by atoms with van der Waals surface area (Å²) in [6, 6.07) is 15.6. The van der Waals surface area contributed by atoms with E-state index in [0.29, 0.717) is 11.4 Å². The summed E-state index contributed by atoms with van der Waals surface area (Å²) in [5, 5.41) is 12.1. The van der Waals surface area contributed by atoms with Crippen LogP contribution in [0.2, 0.25) is 5.02 Å². The summed E-state index contributed by atoms with van der Waals surface area (Å²) in [6.45, 7) is 2.06. The van der Waals surface area contributed by atoms with E-state index in [1.165, 1.54) is 5.56 Å². The molecule has 0 aliphatic carbocycles. The van der Waals surface area contributed by atoms with Gasteiger partial charge in [0.05, 0.1) is 11.6 Å². The SMILES string of the molecule is Cc1ccccc1CC(O)c1ccc(Cl)c2cccnc12. The number of aromatic nitrogens is 1. The van der Waals surface area contributed by atoms with Crippen LogP contribution >= 0.6 is 11.6 Å². The fraction of sp³-hybridized carbons (Fsp3) is 0.167. The van der Waals surface area contributed by atoms with Crippen LogP contribution in [0.25, 0.3) is 10.9 Å². The predicted molar refractivity (Wildman–Crippen MR) is 86.6 cm³/mol. The van der Waals surface area contributed by atoms with Gasteiger partial charge in [0.25, 0.3) is 0 Å². The second-order valence-corrected chi connectivity index (χ2v) is 5.59.